The van der Waals surface area contributed by atoms with E-state index in [0.717, 1.165) is 12.1 Å². The Bertz CT molecular complexity index is 675. The lowest BCUT2D eigenvalue weighted by Crippen LogP contribution is -2.01. The Morgan fingerprint density at radius 2 is 1.86 bits per heavy atom. The van der Waals surface area contributed by atoms with Crippen molar-refractivity contribution in [1.82, 2.24) is 0 Å². The predicted molar refractivity (Wildman–Crippen MR) is 80.4 cm³/mol. The second-order valence-corrected chi connectivity index (χ2v) is 5.71. The molecule has 1 N–H and O–H groups in total. The molecule has 1 atom stereocenters. The molecule has 0 amide bonds. The number of rotatable bonds is 4. The van der Waals surface area contributed by atoms with Gasteiger partial charge < -0.3 is 9.87 Å². The molecule has 5 nitrogen and oxygen atoms in total. The monoisotopic (exact) mass is 308 g/mol. The normalized spacial score (nSPS) is 12.0. The smallest absolute Gasteiger partial charge is 0.300 e. The fraction of sp³-hybridized carbons (Fsp3) is 0.143. The van der Waals surface area contributed by atoms with E-state index < -0.39 is 21.9 Å². The predicted octanol–water partition coefficient (Wildman–Crippen LogP) is 3.18. The van der Waals surface area contributed by atoms with Gasteiger partial charge >= 0.3 is 0 Å². The number of nitro benzene ring substituents is 1. The largest absolute Gasteiger partial charge is 0.612 e. The molecule has 0 aliphatic heterocycles. The van der Waals surface area contributed by atoms with Gasteiger partial charge in [0.15, 0.2) is 4.90 Å². The highest BCUT2D eigenvalue weighted by Crippen LogP contribution is 2.37. The molecule has 21 heavy (non-hydrogen) atoms. The first kappa shape index (κ1) is 15.3. The molecule has 0 aliphatic carbocycles. The Balaban J connectivity index is 2.61. The summed E-state index contributed by atoms with van der Waals surface area (Å²) in [4.78, 5) is 11.3. The Morgan fingerprint density at radius 1 is 1.24 bits per heavy atom. The number of benzene rings is 2. The second-order valence-electron chi connectivity index (χ2n) is 4.34. The molecule has 0 aromatic heterocycles. The summed E-state index contributed by atoms with van der Waals surface area (Å²) in [6, 6.07) is 8.61. The van der Waals surface area contributed by atoms with E-state index in [-0.39, 0.29) is 16.9 Å². The van der Waals surface area contributed by atoms with Crippen molar-refractivity contribution in [3.05, 3.63) is 52.3 Å². The molecular weight excluding hydrogens is 295 g/mol. The first-order valence-corrected chi connectivity index (χ1v) is 7.59. The molecule has 0 bridgehead atoms. The Hall–Kier alpha value is -2.12. The van der Waals surface area contributed by atoms with Crippen molar-refractivity contribution >= 4 is 22.6 Å². The minimum Gasteiger partial charge on any atom is -0.612 e. The van der Waals surface area contributed by atoms with Crippen LogP contribution in [-0.4, -0.2) is 22.8 Å². The summed E-state index contributed by atoms with van der Waals surface area (Å²) in [6.07, 6.45) is 1.54. The molecule has 2 aromatic rings. The van der Waals surface area contributed by atoms with Crippen molar-refractivity contribution in [2.45, 2.75) is 4.90 Å². The van der Waals surface area contributed by atoms with Gasteiger partial charge in [-0.15, -0.1) is 0 Å². The molecule has 0 fully saturated rings. The van der Waals surface area contributed by atoms with Crippen LogP contribution in [-0.2, 0) is 11.2 Å². The molecule has 0 aliphatic rings. The van der Waals surface area contributed by atoms with Crippen LogP contribution < -0.4 is 5.32 Å². The quantitative estimate of drug-likeness (QED) is 0.534. The topological polar surface area (TPSA) is 78.2 Å². The molecule has 0 saturated carbocycles. The maximum atomic E-state index is 13.6. The highest BCUT2D eigenvalue weighted by atomic mass is 32.2. The van der Waals surface area contributed by atoms with Gasteiger partial charge in [-0.05, 0) is 47.1 Å². The van der Waals surface area contributed by atoms with Crippen LogP contribution in [0.5, 0.6) is 0 Å². The van der Waals surface area contributed by atoms with E-state index in [0.29, 0.717) is 10.5 Å². The molecule has 0 spiro atoms. The van der Waals surface area contributed by atoms with Crippen LogP contribution in [0.15, 0.2) is 41.3 Å². The van der Waals surface area contributed by atoms with Crippen LogP contribution in [0, 0.1) is 15.9 Å². The Morgan fingerprint density at radius 3 is 2.33 bits per heavy atom. The maximum Gasteiger partial charge on any atom is 0.300 e. The lowest BCUT2D eigenvalue weighted by atomic mass is 10.0. The zero-order valence-corrected chi connectivity index (χ0v) is 12.2. The van der Waals surface area contributed by atoms with Crippen LogP contribution in [0.25, 0.3) is 11.1 Å². The zero-order chi connectivity index (χ0) is 15.6. The van der Waals surface area contributed by atoms with Gasteiger partial charge in [0.25, 0.3) is 5.69 Å². The number of nitrogens with zero attached hydrogens (tertiary/aromatic N) is 1. The van der Waals surface area contributed by atoms with Crippen LogP contribution >= 0.6 is 0 Å². The maximum absolute atomic E-state index is 13.6. The minimum atomic E-state index is -1.14. The first-order valence-electron chi connectivity index (χ1n) is 6.03. The van der Waals surface area contributed by atoms with Crippen LogP contribution in [0.1, 0.15) is 0 Å². The summed E-state index contributed by atoms with van der Waals surface area (Å²) in [7, 11) is 1.49. The minimum absolute atomic E-state index is 0.109. The summed E-state index contributed by atoms with van der Waals surface area (Å²) in [5, 5.41) is 13.9. The fourth-order valence-corrected chi connectivity index (χ4v) is 2.55. The third-order valence-electron chi connectivity index (χ3n) is 3.02. The summed E-state index contributed by atoms with van der Waals surface area (Å²) in [5.41, 5.74) is 0.590. The third-order valence-corrected chi connectivity index (χ3v) is 3.96. The second kappa shape index (κ2) is 6.11. The summed E-state index contributed by atoms with van der Waals surface area (Å²) >= 11 is -1.14. The summed E-state index contributed by atoms with van der Waals surface area (Å²) in [5.74, 6) is -0.567. The first-order chi connectivity index (χ1) is 9.93. The van der Waals surface area contributed by atoms with E-state index in [1.54, 1.807) is 30.5 Å². The van der Waals surface area contributed by atoms with Gasteiger partial charge in [-0.25, -0.2) is 4.39 Å². The zero-order valence-electron chi connectivity index (χ0n) is 11.4. The van der Waals surface area contributed by atoms with E-state index in [1.807, 2.05) is 0 Å². The van der Waals surface area contributed by atoms with Gasteiger partial charge in [0, 0.05) is 13.1 Å². The molecular formula is C14H13FN2O3S. The van der Waals surface area contributed by atoms with Gasteiger partial charge in [-0.1, -0.05) is 0 Å². The number of hydrogen-bond acceptors (Lipinski definition) is 4. The molecule has 2 rings (SSSR count). The van der Waals surface area contributed by atoms with Gasteiger partial charge in [0.1, 0.15) is 17.8 Å². The SMILES string of the molecule is CNc1cc(F)cc(-c2ccc([S+](C)[O-])cc2)c1[N+](=O)[O-]. The summed E-state index contributed by atoms with van der Waals surface area (Å²) < 4.78 is 25.0. The molecule has 7 heteroatoms. The Kier molecular flexibility index (Phi) is 4.44. The molecule has 1 unspecified atom stereocenters. The van der Waals surface area contributed by atoms with Gasteiger partial charge in [0.2, 0.25) is 0 Å². The average Bonchev–Trinajstić information content (AvgIpc) is 2.45. The number of hydrogen-bond donors (Lipinski definition) is 1. The van der Waals surface area contributed by atoms with Crippen LogP contribution in [0.4, 0.5) is 15.8 Å². The van der Waals surface area contributed by atoms with E-state index in [2.05, 4.69) is 5.32 Å². The van der Waals surface area contributed by atoms with Gasteiger partial charge in [0.05, 0.1) is 10.5 Å². The Labute approximate surface area is 124 Å². The lowest BCUT2D eigenvalue weighted by molar-refractivity contribution is -0.383. The molecule has 0 saturated heterocycles. The van der Waals surface area contributed by atoms with Crippen molar-refractivity contribution in [2.24, 2.45) is 0 Å². The van der Waals surface area contributed by atoms with Crippen molar-refractivity contribution in [1.29, 1.82) is 0 Å². The van der Waals surface area contributed by atoms with Crippen molar-refractivity contribution in [3.8, 4) is 11.1 Å². The number of nitrogens with one attached hydrogen (secondary N) is 1. The molecule has 110 valence electrons. The number of halogens is 1. The van der Waals surface area contributed by atoms with Gasteiger partial charge in [-0.2, -0.15) is 0 Å². The molecule has 2 aromatic carbocycles. The third kappa shape index (κ3) is 3.14. The van der Waals surface area contributed by atoms with Gasteiger partial charge in [-0.3, -0.25) is 10.1 Å². The average molecular weight is 308 g/mol. The summed E-state index contributed by atoms with van der Waals surface area (Å²) in [6.45, 7) is 0. The molecule has 0 radical (unpaired) electrons. The lowest BCUT2D eigenvalue weighted by Gasteiger charge is -2.09. The molecule has 0 heterocycles. The van der Waals surface area contributed by atoms with Crippen LogP contribution in [0.3, 0.4) is 0 Å². The van der Waals surface area contributed by atoms with E-state index in [4.69, 9.17) is 0 Å². The van der Waals surface area contributed by atoms with E-state index in [1.165, 1.54) is 7.05 Å². The standard InChI is InChI=1S/C14H13FN2O3S/c1-16-13-8-10(15)7-12(14(13)17(18)19)9-3-5-11(6-4-9)21(2)20/h3-8,16H,1-2H3. The van der Waals surface area contributed by atoms with Crippen molar-refractivity contribution < 1.29 is 13.9 Å². The van der Waals surface area contributed by atoms with E-state index >= 15 is 0 Å². The van der Waals surface area contributed by atoms with Crippen molar-refractivity contribution in [2.75, 3.05) is 18.6 Å². The van der Waals surface area contributed by atoms with Crippen molar-refractivity contribution in [3.63, 3.8) is 0 Å². The van der Waals surface area contributed by atoms with E-state index in [9.17, 15) is 19.1 Å². The number of nitro groups is 1. The van der Waals surface area contributed by atoms with Crippen LogP contribution in [0.2, 0.25) is 0 Å². The number of anilines is 1. The highest BCUT2D eigenvalue weighted by Gasteiger charge is 2.22. The fourth-order valence-electron chi connectivity index (χ4n) is 2.03. The highest BCUT2D eigenvalue weighted by molar-refractivity contribution is 7.90.